The molecule has 1 atom stereocenters. The van der Waals surface area contributed by atoms with Gasteiger partial charge in [-0.1, -0.05) is 0 Å². The molecule has 5 heteroatoms. The van der Waals surface area contributed by atoms with Crippen molar-refractivity contribution >= 4 is 16.7 Å². The Bertz CT molecular complexity index is 311. The highest BCUT2D eigenvalue weighted by molar-refractivity contribution is 7.09. The Morgan fingerprint density at radius 2 is 2.36 bits per heavy atom. The molecule has 1 aromatic heterocycles. The molecule has 78 valence electrons. The Labute approximate surface area is 87.8 Å². The van der Waals surface area contributed by atoms with Crippen LogP contribution in [0.5, 0.6) is 0 Å². The molecule has 1 fully saturated rings. The lowest BCUT2D eigenvalue weighted by Gasteiger charge is -2.21. The van der Waals surface area contributed by atoms with Crippen LogP contribution in [0, 0.1) is 0 Å². The molecule has 4 nitrogen and oxygen atoms in total. The van der Waals surface area contributed by atoms with Gasteiger partial charge in [-0.3, -0.25) is 0 Å². The van der Waals surface area contributed by atoms with Gasteiger partial charge in [0.1, 0.15) is 5.82 Å². The first-order valence-corrected chi connectivity index (χ1v) is 5.67. The van der Waals surface area contributed by atoms with Gasteiger partial charge in [0.05, 0.1) is 12.6 Å². The molecule has 1 heterocycles. The van der Waals surface area contributed by atoms with E-state index in [4.69, 9.17) is 5.11 Å². The number of anilines is 1. The van der Waals surface area contributed by atoms with E-state index in [0.717, 1.165) is 11.0 Å². The zero-order valence-corrected chi connectivity index (χ0v) is 9.29. The Balaban J connectivity index is 2.07. The predicted molar refractivity (Wildman–Crippen MR) is 56.8 cm³/mol. The smallest absolute Gasteiger partial charge is 0.205 e. The summed E-state index contributed by atoms with van der Waals surface area (Å²) >= 11 is 1.42. The minimum atomic E-state index is 0.106. The van der Waals surface area contributed by atoms with Crippen LogP contribution in [-0.2, 0) is 0 Å². The van der Waals surface area contributed by atoms with Gasteiger partial charge in [0.2, 0.25) is 5.13 Å². The van der Waals surface area contributed by atoms with E-state index in [1.165, 1.54) is 24.4 Å². The van der Waals surface area contributed by atoms with Crippen LogP contribution in [0.2, 0.25) is 0 Å². The quantitative estimate of drug-likeness (QED) is 0.817. The lowest BCUT2D eigenvalue weighted by Crippen LogP contribution is -2.31. The average Bonchev–Trinajstić information content (AvgIpc) is 2.94. The number of likely N-dealkylation sites (N-methyl/N-ethyl adjacent to an activating group) is 1. The largest absolute Gasteiger partial charge is 0.394 e. The number of aromatic nitrogens is 2. The van der Waals surface area contributed by atoms with E-state index in [1.54, 1.807) is 0 Å². The average molecular weight is 213 g/mol. The van der Waals surface area contributed by atoms with Crippen molar-refractivity contribution in [2.24, 2.45) is 0 Å². The highest BCUT2D eigenvalue weighted by Gasteiger charge is 2.28. The monoisotopic (exact) mass is 213 g/mol. The van der Waals surface area contributed by atoms with Crippen LogP contribution in [0.4, 0.5) is 5.13 Å². The maximum Gasteiger partial charge on any atom is 0.205 e. The Morgan fingerprint density at radius 1 is 1.64 bits per heavy atom. The van der Waals surface area contributed by atoms with E-state index in [9.17, 15) is 0 Å². The van der Waals surface area contributed by atoms with Gasteiger partial charge in [-0.25, -0.2) is 4.98 Å². The summed E-state index contributed by atoms with van der Waals surface area (Å²) in [7, 11) is 1.94. The fourth-order valence-corrected chi connectivity index (χ4v) is 2.00. The highest BCUT2D eigenvalue weighted by atomic mass is 32.1. The molecule has 0 saturated heterocycles. The number of aliphatic hydroxyl groups excluding tert-OH is 1. The lowest BCUT2D eigenvalue weighted by atomic mass is 10.3. The molecule has 1 saturated carbocycles. The number of aliphatic hydroxyl groups is 1. The number of rotatable bonds is 4. The molecule has 0 amide bonds. The molecule has 0 spiro atoms. The molecule has 1 N–H and O–H groups in total. The third-order valence-corrected chi connectivity index (χ3v) is 3.42. The zero-order valence-electron chi connectivity index (χ0n) is 8.47. The zero-order chi connectivity index (χ0) is 10.1. The van der Waals surface area contributed by atoms with Crippen molar-refractivity contribution in [1.82, 2.24) is 9.36 Å². The third kappa shape index (κ3) is 1.88. The summed E-state index contributed by atoms with van der Waals surface area (Å²) < 4.78 is 4.32. The van der Waals surface area contributed by atoms with E-state index in [1.807, 2.05) is 18.9 Å². The summed E-state index contributed by atoms with van der Waals surface area (Å²) in [6.07, 6.45) is 2.46. The Hall–Kier alpha value is -0.680. The summed E-state index contributed by atoms with van der Waals surface area (Å²) in [4.78, 5) is 6.44. The normalized spacial score (nSPS) is 18.2. The fourth-order valence-electron chi connectivity index (χ4n) is 1.19. The third-order valence-electron chi connectivity index (χ3n) is 2.60. The van der Waals surface area contributed by atoms with Crippen molar-refractivity contribution in [1.29, 1.82) is 0 Å². The maximum absolute atomic E-state index is 9.01. The van der Waals surface area contributed by atoms with Crippen molar-refractivity contribution in [2.45, 2.75) is 31.7 Å². The van der Waals surface area contributed by atoms with Crippen molar-refractivity contribution in [3.05, 3.63) is 5.82 Å². The molecule has 0 radical (unpaired) electrons. The minimum Gasteiger partial charge on any atom is -0.394 e. The second-order valence-electron chi connectivity index (χ2n) is 3.85. The molecule has 1 aliphatic rings. The molecule has 1 unspecified atom stereocenters. The summed E-state index contributed by atoms with van der Waals surface area (Å²) in [5.74, 6) is 1.60. The molecule has 2 rings (SSSR count). The standard InChI is InChI=1S/C9H15N3OS/c1-6(5-13)12(2)9-10-8(11-14-9)7-3-4-7/h6-7,13H,3-5H2,1-2H3. The van der Waals surface area contributed by atoms with Gasteiger partial charge < -0.3 is 10.0 Å². The van der Waals surface area contributed by atoms with Crippen LogP contribution in [0.15, 0.2) is 0 Å². The van der Waals surface area contributed by atoms with E-state index in [2.05, 4.69) is 9.36 Å². The lowest BCUT2D eigenvalue weighted by molar-refractivity contribution is 0.270. The summed E-state index contributed by atoms with van der Waals surface area (Å²) in [6, 6.07) is 0.106. The first kappa shape index (κ1) is 9.86. The van der Waals surface area contributed by atoms with Gasteiger partial charge in [-0.05, 0) is 19.8 Å². The van der Waals surface area contributed by atoms with Gasteiger partial charge in [0, 0.05) is 24.5 Å². The Kier molecular flexibility index (Phi) is 2.69. The van der Waals surface area contributed by atoms with E-state index in [0.29, 0.717) is 5.92 Å². The van der Waals surface area contributed by atoms with Gasteiger partial charge in [-0.15, -0.1) is 0 Å². The van der Waals surface area contributed by atoms with Crippen LogP contribution in [0.25, 0.3) is 0 Å². The van der Waals surface area contributed by atoms with Crippen LogP contribution in [-0.4, -0.2) is 34.2 Å². The van der Waals surface area contributed by atoms with Gasteiger partial charge in [-0.2, -0.15) is 4.37 Å². The van der Waals surface area contributed by atoms with Crippen LogP contribution < -0.4 is 4.90 Å². The highest BCUT2D eigenvalue weighted by Crippen LogP contribution is 2.39. The van der Waals surface area contributed by atoms with Crippen molar-refractivity contribution < 1.29 is 5.11 Å². The number of hydrogen-bond acceptors (Lipinski definition) is 5. The minimum absolute atomic E-state index is 0.106. The molecule has 0 bridgehead atoms. The van der Waals surface area contributed by atoms with Crippen molar-refractivity contribution in [3.63, 3.8) is 0 Å². The summed E-state index contributed by atoms with van der Waals surface area (Å²) in [5.41, 5.74) is 0. The van der Waals surface area contributed by atoms with Gasteiger partial charge >= 0.3 is 0 Å². The molecule has 1 aliphatic carbocycles. The molecule has 0 aromatic carbocycles. The molecule has 14 heavy (non-hydrogen) atoms. The van der Waals surface area contributed by atoms with E-state index < -0.39 is 0 Å². The van der Waals surface area contributed by atoms with Crippen LogP contribution in [0.3, 0.4) is 0 Å². The van der Waals surface area contributed by atoms with Gasteiger partial charge in [0.25, 0.3) is 0 Å². The Morgan fingerprint density at radius 3 is 2.93 bits per heavy atom. The van der Waals surface area contributed by atoms with Crippen molar-refractivity contribution in [3.8, 4) is 0 Å². The molecule has 1 aromatic rings. The second kappa shape index (κ2) is 3.82. The molecule has 0 aliphatic heterocycles. The van der Waals surface area contributed by atoms with E-state index >= 15 is 0 Å². The summed E-state index contributed by atoms with van der Waals surface area (Å²) in [6.45, 7) is 2.12. The molecular weight excluding hydrogens is 198 g/mol. The van der Waals surface area contributed by atoms with Crippen molar-refractivity contribution in [2.75, 3.05) is 18.6 Å². The summed E-state index contributed by atoms with van der Waals surface area (Å²) in [5, 5.41) is 9.92. The van der Waals surface area contributed by atoms with Crippen LogP contribution in [0.1, 0.15) is 31.5 Å². The topological polar surface area (TPSA) is 49.2 Å². The predicted octanol–water partition coefficient (Wildman–Crippen LogP) is 1.23. The number of hydrogen-bond donors (Lipinski definition) is 1. The van der Waals surface area contributed by atoms with Crippen LogP contribution >= 0.6 is 11.5 Å². The first-order chi connectivity index (χ1) is 6.72. The van der Waals surface area contributed by atoms with E-state index in [-0.39, 0.29) is 12.6 Å². The maximum atomic E-state index is 9.01. The first-order valence-electron chi connectivity index (χ1n) is 4.89. The number of nitrogens with zero attached hydrogens (tertiary/aromatic N) is 3. The van der Waals surface area contributed by atoms with Gasteiger partial charge in [0.15, 0.2) is 0 Å². The molecular formula is C9H15N3OS. The SMILES string of the molecule is CC(CO)N(C)c1nc(C2CC2)ns1. The fraction of sp³-hybridized carbons (Fsp3) is 0.778. The second-order valence-corrected chi connectivity index (χ2v) is 4.58.